The minimum Gasteiger partial charge on any atom is -0.497 e. The number of azo groups is 3. The Morgan fingerprint density at radius 3 is 1.98 bits per heavy atom. The fraction of sp³-hybridized carbons (Fsp3) is 0.209. The second-order valence-electron chi connectivity index (χ2n) is 13.2. The van der Waals surface area contributed by atoms with E-state index in [1.807, 2.05) is 138 Å². The second kappa shape index (κ2) is 25.2. The Kier molecular flexibility index (Phi) is 18.3. The Morgan fingerprint density at radius 1 is 0.719 bits per heavy atom. The van der Waals surface area contributed by atoms with Gasteiger partial charge >= 0.3 is 11.6 Å². The minimum absolute atomic E-state index is 0.358. The van der Waals surface area contributed by atoms with Gasteiger partial charge < -0.3 is 33.2 Å². The molecule has 0 atom stereocenters. The Labute approximate surface area is 369 Å². The molecule has 21 nitrogen and oxygen atoms in total. The van der Waals surface area contributed by atoms with Gasteiger partial charge in [0.25, 0.3) is 0 Å². The molecule has 5 heterocycles. The fourth-order valence-corrected chi connectivity index (χ4v) is 5.21. The predicted octanol–water partition coefficient (Wildman–Crippen LogP) is 4.80. The van der Waals surface area contributed by atoms with Crippen molar-refractivity contribution < 1.29 is 23.3 Å². The summed E-state index contributed by atoms with van der Waals surface area (Å²) in [5.74, 6) is 3.12. The summed E-state index contributed by atoms with van der Waals surface area (Å²) >= 11 is 0. The second-order valence-corrected chi connectivity index (χ2v) is 13.2. The molecule has 0 unspecified atom stereocenters. The van der Waals surface area contributed by atoms with E-state index < -0.39 is 0 Å². The zero-order chi connectivity index (χ0) is 45.4. The maximum atomic E-state index is 6.03. The van der Waals surface area contributed by atoms with Gasteiger partial charge in [0.05, 0.1) is 49.6 Å². The van der Waals surface area contributed by atoms with Crippen molar-refractivity contribution in [2.45, 2.75) is 13.1 Å². The zero-order valence-corrected chi connectivity index (χ0v) is 36.4. The van der Waals surface area contributed by atoms with Crippen molar-refractivity contribution >= 4 is 30.7 Å². The standard InChI is InChI=1S/C43H50N18O3/c1-34(51-45-31-48-55-42-28-37(63-7)16-22-59(42)4)26-36(62-6)14-18-44-30-35-15-21-58(3)41(27-35)54-49-33-47-53-40-13-9-11-20-61(40)24-25-64-38-17-23-60(5)43(29-38)56-50-32-46-52-39-12-8-10-19-57(39)2/h8-23,26-29,31-33,44H,1,24-25,30H2,2-7H3/q+2/b18-14-,36-26+,48-31+,51-45?,55-42+. The van der Waals surface area contributed by atoms with Gasteiger partial charge in [-0.25, -0.2) is 9.13 Å². The molecule has 0 aliphatic carbocycles. The highest BCUT2D eigenvalue weighted by Crippen LogP contribution is 2.09. The van der Waals surface area contributed by atoms with Crippen LogP contribution in [0.4, 0.5) is 11.6 Å². The highest BCUT2D eigenvalue weighted by atomic mass is 16.5. The van der Waals surface area contributed by atoms with Gasteiger partial charge in [0.2, 0.25) is 0 Å². The molecule has 0 aliphatic heterocycles. The van der Waals surface area contributed by atoms with E-state index in [0.29, 0.717) is 70.8 Å². The van der Waals surface area contributed by atoms with Gasteiger partial charge in [0, 0.05) is 82.8 Å². The molecule has 0 amide bonds. The van der Waals surface area contributed by atoms with Crippen molar-refractivity contribution in [1.29, 1.82) is 0 Å². The topological polar surface area (TPSA) is 211 Å². The Bertz CT molecular complexity index is 2830. The van der Waals surface area contributed by atoms with Crippen molar-refractivity contribution in [2.24, 2.45) is 89.5 Å². The number of nitrogens with one attached hydrogen (secondary N) is 1. The van der Waals surface area contributed by atoms with Gasteiger partial charge in [-0.1, -0.05) is 18.7 Å². The lowest BCUT2D eigenvalue weighted by Gasteiger charge is -2.07. The number of hydrogen-bond donors (Lipinski definition) is 1. The molecule has 0 aliphatic rings. The van der Waals surface area contributed by atoms with E-state index in [2.05, 4.69) is 73.2 Å². The lowest BCUT2D eigenvalue weighted by atomic mass is 10.2. The van der Waals surface area contributed by atoms with Crippen molar-refractivity contribution in [1.82, 2.24) is 19.0 Å². The summed E-state index contributed by atoms with van der Waals surface area (Å²) < 4.78 is 25.9. The first-order valence-electron chi connectivity index (χ1n) is 19.5. The van der Waals surface area contributed by atoms with Gasteiger partial charge in [-0.05, 0) is 58.3 Å². The number of nitrogens with zero attached hydrogens (tertiary/aromatic N) is 17. The van der Waals surface area contributed by atoms with Crippen molar-refractivity contribution in [2.75, 3.05) is 20.8 Å². The molecule has 0 saturated carbocycles. The molecular weight excluding hydrogens is 817 g/mol. The molecule has 64 heavy (non-hydrogen) atoms. The third-order valence-corrected chi connectivity index (χ3v) is 8.67. The summed E-state index contributed by atoms with van der Waals surface area (Å²) in [6.45, 7) is 5.28. The van der Waals surface area contributed by atoms with Crippen molar-refractivity contribution in [3.63, 3.8) is 0 Å². The SMILES string of the molecule is C=C(/C=C(\C=C/NCc1ccn(C)/c(=N/N=C/N=Nc2cccc[n+]2CCOc2ccn(C)/c(=N/N=C/N=Nc3cccc[n+]3C)c2)c1)OC)N=N/C=N/N=c1\cc(OC)ccn1C. The summed E-state index contributed by atoms with van der Waals surface area (Å²) in [4.78, 5) is 0. The van der Waals surface area contributed by atoms with Crippen molar-refractivity contribution in [3.05, 3.63) is 162 Å². The maximum Gasteiger partial charge on any atom is 0.350 e. The van der Waals surface area contributed by atoms with Crippen LogP contribution in [0.1, 0.15) is 5.56 Å². The van der Waals surface area contributed by atoms with Crippen LogP contribution in [-0.2, 0) is 46.0 Å². The highest BCUT2D eigenvalue weighted by Gasteiger charge is 2.09. The first-order valence-corrected chi connectivity index (χ1v) is 19.5. The monoisotopic (exact) mass is 866 g/mol. The Morgan fingerprint density at radius 2 is 1.31 bits per heavy atom. The molecule has 0 fully saturated rings. The van der Waals surface area contributed by atoms with E-state index in [1.165, 1.54) is 19.0 Å². The largest absolute Gasteiger partial charge is 0.497 e. The quantitative estimate of drug-likeness (QED) is 0.0222. The van der Waals surface area contributed by atoms with Gasteiger partial charge in [0.15, 0.2) is 35.5 Å². The number of allylic oxidation sites excluding steroid dienone is 2. The van der Waals surface area contributed by atoms with Crippen LogP contribution in [0.5, 0.6) is 11.5 Å². The molecule has 0 saturated heterocycles. The van der Waals surface area contributed by atoms with Crippen LogP contribution >= 0.6 is 0 Å². The summed E-state index contributed by atoms with van der Waals surface area (Å²) in [5, 5.41) is 52.5. The van der Waals surface area contributed by atoms with Gasteiger partial charge in [-0.15, -0.1) is 35.7 Å². The third-order valence-electron chi connectivity index (χ3n) is 8.67. The van der Waals surface area contributed by atoms with E-state index in [9.17, 15) is 0 Å². The molecular formula is C43H50N18O3+2. The summed E-state index contributed by atoms with van der Waals surface area (Å²) in [7, 11) is 10.6. The van der Waals surface area contributed by atoms with E-state index in [0.717, 1.165) is 5.56 Å². The molecule has 0 bridgehead atoms. The molecule has 1 N–H and O–H groups in total. The molecule has 5 aromatic heterocycles. The van der Waals surface area contributed by atoms with E-state index in [4.69, 9.17) is 14.2 Å². The molecule has 5 aromatic rings. The minimum atomic E-state index is 0.358. The lowest BCUT2D eigenvalue weighted by Crippen LogP contribution is -2.36. The highest BCUT2D eigenvalue weighted by molar-refractivity contribution is 5.55. The molecule has 0 radical (unpaired) electrons. The fourth-order valence-electron chi connectivity index (χ4n) is 5.21. The molecule has 328 valence electrons. The van der Waals surface area contributed by atoms with Crippen LogP contribution in [0.2, 0.25) is 0 Å². The molecule has 5 rings (SSSR count). The van der Waals surface area contributed by atoms with Crippen LogP contribution in [0.3, 0.4) is 0 Å². The van der Waals surface area contributed by atoms with Gasteiger partial charge in [-0.3, -0.25) is 0 Å². The average molecular weight is 867 g/mol. The van der Waals surface area contributed by atoms with E-state index in [1.54, 1.807) is 49.3 Å². The maximum absolute atomic E-state index is 6.03. The predicted molar refractivity (Wildman–Crippen MR) is 239 cm³/mol. The third kappa shape index (κ3) is 15.4. The number of methoxy groups -OCH3 is 2. The number of pyridine rings is 5. The first-order chi connectivity index (χ1) is 31.2. The van der Waals surface area contributed by atoms with Gasteiger partial charge in [-0.2, -0.15) is 5.11 Å². The van der Waals surface area contributed by atoms with Crippen LogP contribution in [0.25, 0.3) is 0 Å². The summed E-state index contributed by atoms with van der Waals surface area (Å²) in [5.41, 5.74) is 3.12. The Balaban J connectivity index is 1.10. The van der Waals surface area contributed by atoms with Crippen LogP contribution in [0.15, 0.2) is 201 Å². The Hall–Kier alpha value is -8.62. The number of hydrogen-bond acceptors (Lipinski definition) is 13. The number of aryl methyl sites for hydroxylation is 4. The average Bonchev–Trinajstić information content (AvgIpc) is 3.30. The van der Waals surface area contributed by atoms with E-state index in [-0.39, 0.29) is 0 Å². The smallest absolute Gasteiger partial charge is 0.350 e. The van der Waals surface area contributed by atoms with Crippen LogP contribution in [-0.4, -0.2) is 53.5 Å². The normalized spacial score (nSPS) is 13.3. The van der Waals surface area contributed by atoms with Crippen LogP contribution in [0, 0.1) is 0 Å². The lowest BCUT2D eigenvalue weighted by molar-refractivity contribution is -0.685. The number of rotatable bonds is 20. The number of aromatic nitrogens is 5. The first kappa shape index (κ1) is 46.4. The van der Waals surface area contributed by atoms with Gasteiger partial charge in [0.1, 0.15) is 30.4 Å². The molecule has 21 heteroatoms. The van der Waals surface area contributed by atoms with Crippen LogP contribution < -0.4 is 40.4 Å². The summed E-state index contributed by atoms with van der Waals surface area (Å²) in [6, 6.07) is 22.4. The molecule has 0 spiro atoms. The van der Waals surface area contributed by atoms with Crippen molar-refractivity contribution in [3.8, 4) is 11.5 Å². The van der Waals surface area contributed by atoms with E-state index >= 15 is 0 Å². The molecule has 0 aromatic carbocycles. The zero-order valence-electron chi connectivity index (χ0n) is 36.4. The number of ether oxygens (including phenoxy) is 3. The summed E-state index contributed by atoms with van der Waals surface area (Å²) in [6.07, 6.45) is 18.3.